The fourth-order valence-electron chi connectivity index (χ4n) is 4.03. The second-order valence-corrected chi connectivity index (χ2v) is 10.6. The summed E-state index contributed by atoms with van der Waals surface area (Å²) >= 11 is 0. The number of amides is 2. The molecule has 0 radical (unpaired) electrons. The van der Waals surface area contributed by atoms with E-state index >= 15 is 0 Å². The Kier molecular flexibility index (Phi) is 6.34. The molecular weight excluding hydrogens is 430 g/mol. The Morgan fingerprint density at radius 3 is 2.66 bits per heavy atom. The first-order valence-corrected chi connectivity index (χ1v) is 12.6. The van der Waals surface area contributed by atoms with Gasteiger partial charge in [-0.25, -0.2) is 23.2 Å². The number of aromatic nitrogens is 2. The number of hydrogen-bond acceptors (Lipinski definition) is 7. The molecule has 1 aromatic carbocycles. The standard InChI is InChI=1S/C22H29N5O4S/c1-4-9-23-22(28)24-17-7-5-16(6-8-17)20-25-18-13-32(29,30)15(3)19(18)21(26-20)27-10-11-31-12-14(27)2/h5-8,14-15H,4,9-13H2,1-3H3,(H2,23,24,28)/t14-,15?/m0/s1. The van der Waals surface area contributed by atoms with Crippen molar-refractivity contribution in [1.29, 1.82) is 0 Å². The molecule has 172 valence electrons. The van der Waals surface area contributed by atoms with Crippen LogP contribution >= 0.6 is 0 Å². The lowest BCUT2D eigenvalue weighted by molar-refractivity contribution is 0.0984. The molecule has 2 N–H and O–H groups in total. The van der Waals surface area contributed by atoms with E-state index in [-0.39, 0.29) is 17.8 Å². The number of nitrogens with zero attached hydrogens (tertiary/aromatic N) is 3. The van der Waals surface area contributed by atoms with Crippen molar-refractivity contribution in [2.45, 2.75) is 44.2 Å². The highest BCUT2D eigenvalue weighted by atomic mass is 32.2. The highest BCUT2D eigenvalue weighted by molar-refractivity contribution is 7.91. The highest BCUT2D eigenvalue weighted by Gasteiger charge is 2.40. The van der Waals surface area contributed by atoms with Crippen LogP contribution in [0.1, 0.15) is 43.7 Å². The molecule has 0 saturated carbocycles. The van der Waals surface area contributed by atoms with E-state index in [0.29, 0.717) is 54.9 Å². The molecule has 0 aliphatic carbocycles. The van der Waals surface area contributed by atoms with Crippen molar-refractivity contribution >= 4 is 27.4 Å². The third kappa shape index (κ3) is 4.42. The van der Waals surface area contributed by atoms with Crippen molar-refractivity contribution in [3.63, 3.8) is 0 Å². The molecule has 0 spiro atoms. The second kappa shape index (κ2) is 9.03. The van der Waals surface area contributed by atoms with Crippen molar-refractivity contribution in [1.82, 2.24) is 15.3 Å². The van der Waals surface area contributed by atoms with E-state index in [4.69, 9.17) is 9.72 Å². The first-order chi connectivity index (χ1) is 15.3. The average molecular weight is 460 g/mol. The summed E-state index contributed by atoms with van der Waals surface area (Å²) in [5, 5.41) is 4.92. The fraction of sp³-hybridized carbons (Fsp3) is 0.500. The molecule has 1 aromatic heterocycles. The number of nitrogens with one attached hydrogen (secondary N) is 2. The van der Waals surface area contributed by atoms with Gasteiger partial charge in [-0.2, -0.15) is 0 Å². The lowest BCUT2D eigenvalue weighted by Gasteiger charge is -2.35. The van der Waals surface area contributed by atoms with E-state index in [1.54, 1.807) is 19.1 Å². The van der Waals surface area contributed by atoms with Gasteiger partial charge < -0.3 is 20.3 Å². The fourth-order valence-corrected chi connectivity index (χ4v) is 5.48. The van der Waals surface area contributed by atoms with Crippen LogP contribution in [0.5, 0.6) is 0 Å². The minimum absolute atomic E-state index is 0.0814. The molecule has 2 atom stereocenters. The lowest BCUT2D eigenvalue weighted by Crippen LogP contribution is -2.44. The number of ether oxygens (including phenoxy) is 1. The van der Waals surface area contributed by atoms with Crippen LogP contribution in [0.15, 0.2) is 24.3 Å². The zero-order valence-electron chi connectivity index (χ0n) is 18.6. The van der Waals surface area contributed by atoms with E-state index < -0.39 is 15.1 Å². The van der Waals surface area contributed by atoms with Gasteiger partial charge in [0.1, 0.15) is 5.82 Å². The van der Waals surface area contributed by atoms with Crippen LogP contribution in [-0.4, -0.2) is 56.8 Å². The third-order valence-corrected chi connectivity index (χ3v) is 7.85. The summed E-state index contributed by atoms with van der Waals surface area (Å²) < 4.78 is 30.9. The molecule has 1 unspecified atom stereocenters. The molecule has 2 amide bonds. The maximum Gasteiger partial charge on any atom is 0.319 e. The lowest BCUT2D eigenvalue weighted by atomic mass is 10.1. The van der Waals surface area contributed by atoms with Gasteiger partial charge >= 0.3 is 6.03 Å². The number of benzene rings is 1. The van der Waals surface area contributed by atoms with E-state index in [1.807, 2.05) is 26.0 Å². The number of morpholine rings is 1. The SMILES string of the molecule is CCCNC(=O)Nc1ccc(-c2nc3c(c(N4CCOC[C@@H]4C)n2)C(C)S(=O)(=O)C3)cc1. The maximum atomic E-state index is 12.6. The van der Waals surface area contributed by atoms with E-state index in [1.165, 1.54) is 0 Å². The molecule has 9 nitrogen and oxygen atoms in total. The van der Waals surface area contributed by atoms with Crippen LogP contribution in [0.4, 0.5) is 16.3 Å². The smallest absolute Gasteiger partial charge is 0.319 e. The number of rotatable bonds is 5. The van der Waals surface area contributed by atoms with Crippen LogP contribution in [-0.2, 0) is 20.3 Å². The summed E-state index contributed by atoms with van der Waals surface area (Å²) in [5.41, 5.74) is 2.68. The van der Waals surface area contributed by atoms with Crippen LogP contribution in [0.25, 0.3) is 11.4 Å². The van der Waals surface area contributed by atoms with E-state index in [0.717, 1.165) is 12.0 Å². The Balaban J connectivity index is 1.68. The summed E-state index contributed by atoms with van der Waals surface area (Å²) in [4.78, 5) is 23.5. The molecule has 0 bridgehead atoms. The molecule has 1 fully saturated rings. The third-order valence-electron chi connectivity index (χ3n) is 5.86. The quantitative estimate of drug-likeness (QED) is 0.707. The Bertz CT molecular complexity index is 1100. The van der Waals surface area contributed by atoms with Crippen molar-refractivity contribution in [2.24, 2.45) is 0 Å². The van der Waals surface area contributed by atoms with Gasteiger partial charge in [-0.05, 0) is 44.5 Å². The van der Waals surface area contributed by atoms with Crippen molar-refractivity contribution in [3.05, 3.63) is 35.5 Å². The first kappa shape index (κ1) is 22.5. The van der Waals surface area contributed by atoms with Gasteiger partial charge in [0, 0.05) is 29.9 Å². The highest BCUT2D eigenvalue weighted by Crippen LogP contribution is 2.42. The van der Waals surface area contributed by atoms with Crippen LogP contribution < -0.4 is 15.5 Å². The van der Waals surface area contributed by atoms with E-state index in [2.05, 4.69) is 20.5 Å². The average Bonchev–Trinajstić information content (AvgIpc) is 3.01. The summed E-state index contributed by atoms with van der Waals surface area (Å²) in [6.45, 7) is 8.14. The normalized spacial score (nSPS) is 21.8. The Morgan fingerprint density at radius 2 is 1.97 bits per heavy atom. The number of carbonyl (C=O) groups is 1. The van der Waals surface area contributed by atoms with E-state index in [9.17, 15) is 13.2 Å². The largest absolute Gasteiger partial charge is 0.377 e. The van der Waals surface area contributed by atoms with Crippen molar-refractivity contribution in [2.75, 3.05) is 36.5 Å². The van der Waals surface area contributed by atoms with Gasteiger partial charge in [0.05, 0.1) is 36.0 Å². The molecule has 10 heteroatoms. The number of fused-ring (bicyclic) bond motifs is 1. The number of sulfone groups is 1. The number of anilines is 2. The molecule has 2 aromatic rings. The van der Waals surface area contributed by atoms with Gasteiger partial charge in [0.2, 0.25) is 0 Å². The second-order valence-electron chi connectivity index (χ2n) is 8.26. The molecule has 2 aliphatic rings. The molecule has 3 heterocycles. The van der Waals surface area contributed by atoms with Crippen LogP contribution in [0, 0.1) is 0 Å². The molecule has 32 heavy (non-hydrogen) atoms. The minimum atomic E-state index is -3.30. The predicted octanol–water partition coefficient (Wildman–Crippen LogP) is 2.89. The van der Waals surface area contributed by atoms with Crippen LogP contribution in [0.3, 0.4) is 0 Å². The van der Waals surface area contributed by atoms with Gasteiger partial charge in [0.25, 0.3) is 0 Å². The number of carbonyl (C=O) groups excluding carboxylic acids is 1. The van der Waals surface area contributed by atoms with Gasteiger partial charge in [-0.3, -0.25) is 0 Å². The van der Waals surface area contributed by atoms with Gasteiger partial charge in [0.15, 0.2) is 15.7 Å². The molecule has 2 aliphatic heterocycles. The number of urea groups is 1. The monoisotopic (exact) mass is 459 g/mol. The van der Waals surface area contributed by atoms with Gasteiger partial charge in [-0.1, -0.05) is 6.92 Å². The van der Waals surface area contributed by atoms with Crippen LogP contribution in [0.2, 0.25) is 0 Å². The minimum Gasteiger partial charge on any atom is -0.377 e. The Morgan fingerprint density at radius 1 is 1.22 bits per heavy atom. The molecular formula is C22H29N5O4S. The first-order valence-electron chi connectivity index (χ1n) is 10.9. The topological polar surface area (TPSA) is 114 Å². The molecule has 1 saturated heterocycles. The Hall–Kier alpha value is -2.72. The van der Waals surface area contributed by atoms with Crippen molar-refractivity contribution in [3.8, 4) is 11.4 Å². The zero-order chi connectivity index (χ0) is 22.9. The number of hydrogen-bond donors (Lipinski definition) is 2. The summed E-state index contributed by atoms with van der Waals surface area (Å²) in [5.74, 6) is 1.07. The molecule has 4 rings (SSSR count). The van der Waals surface area contributed by atoms with Crippen molar-refractivity contribution < 1.29 is 17.9 Å². The summed E-state index contributed by atoms with van der Waals surface area (Å²) in [7, 11) is -3.30. The predicted molar refractivity (Wildman–Crippen MR) is 123 cm³/mol. The van der Waals surface area contributed by atoms with Gasteiger partial charge in [-0.15, -0.1) is 0 Å². The summed E-state index contributed by atoms with van der Waals surface area (Å²) in [6, 6.07) is 7.06. The zero-order valence-corrected chi connectivity index (χ0v) is 19.4. The Labute approximate surface area is 188 Å². The maximum absolute atomic E-state index is 12.6. The summed E-state index contributed by atoms with van der Waals surface area (Å²) in [6.07, 6.45) is 0.862.